The number of nitrogens with zero attached hydrogens (tertiary/aromatic N) is 5. The van der Waals surface area contributed by atoms with Crippen LogP contribution >= 0.6 is 11.6 Å². The lowest BCUT2D eigenvalue weighted by Crippen LogP contribution is -2.46. The Kier molecular flexibility index (Phi) is 6.49. The van der Waals surface area contributed by atoms with Gasteiger partial charge in [-0.05, 0) is 18.2 Å². The summed E-state index contributed by atoms with van der Waals surface area (Å²) in [5.41, 5.74) is -1.31. The third kappa shape index (κ3) is 4.64. The molecule has 0 unspecified atom stereocenters. The maximum Gasteiger partial charge on any atom is 0.410 e. The van der Waals surface area contributed by atoms with E-state index < -0.39 is 48.2 Å². The number of carboxylic acid groups (broad SMARTS) is 1. The van der Waals surface area contributed by atoms with Crippen LogP contribution in [0.4, 0.5) is 23.8 Å². The van der Waals surface area contributed by atoms with Gasteiger partial charge in [0.1, 0.15) is 35.5 Å². The van der Waals surface area contributed by atoms with E-state index in [0.29, 0.717) is 11.0 Å². The van der Waals surface area contributed by atoms with Gasteiger partial charge in [0.05, 0.1) is 23.2 Å². The van der Waals surface area contributed by atoms with Crippen LogP contribution in [0.25, 0.3) is 22.1 Å². The number of cyclic esters (lactones) is 1. The molecule has 3 saturated heterocycles. The van der Waals surface area contributed by atoms with E-state index in [1.54, 1.807) is 24.3 Å². The van der Waals surface area contributed by atoms with Crippen molar-refractivity contribution in [3.63, 3.8) is 0 Å². The number of piperidine rings is 1. The molecule has 1 aromatic carbocycles. The summed E-state index contributed by atoms with van der Waals surface area (Å²) in [6.07, 6.45) is -3.27. The molecule has 0 aliphatic carbocycles. The van der Waals surface area contributed by atoms with Crippen molar-refractivity contribution in [2.75, 3.05) is 24.6 Å². The van der Waals surface area contributed by atoms with E-state index in [-0.39, 0.29) is 72.3 Å². The Morgan fingerprint density at radius 2 is 2.05 bits per heavy atom. The number of fused-ring (bicyclic) bond motifs is 4. The number of para-hydroxylation sites is 1. The highest BCUT2D eigenvalue weighted by atomic mass is 35.5. The molecule has 0 spiro atoms. The summed E-state index contributed by atoms with van der Waals surface area (Å²) in [7, 11) is 0. The number of aromatic nitrogens is 3. The number of pyridine rings is 1. The Morgan fingerprint density at radius 1 is 1.23 bits per heavy atom. The Labute approximate surface area is 246 Å². The minimum absolute atomic E-state index is 0.0487. The molecule has 4 atom stereocenters. The second-order valence-corrected chi connectivity index (χ2v) is 11.3. The molecule has 43 heavy (non-hydrogen) atoms. The number of furan rings is 1. The minimum atomic E-state index is -3.02. The molecule has 3 aliphatic heterocycles. The molecular formula is C28H23ClF3N5O6. The molecule has 4 aromatic rings. The van der Waals surface area contributed by atoms with E-state index in [0.717, 1.165) is 0 Å². The van der Waals surface area contributed by atoms with Gasteiger partial charge in [-0.2, -0.15) is 0 Å². The lowest BCUT2D eigenvalue weighted by atomic mass is 9.83. The zero-order chi connectivity index (χ0) is 30.0. The van der Waals surface area contributed by atoms with Crippen LogP contribution < -0.4 is 9.64 Å². The van der Waals surface area contributed by atoms with E-state index in [9.17, 15) is 23.5 Å². The lowest BCUT2D eigenvalue weighted by Gasteiger charge is -2.37. The van der Waals surface area contributed by atoms with Gasteiger partial charge in [0, 0.05) is 37.4 Å². The van der Waals surface area contributed by atoms with Crippen molar-refractivity contribution < 1.29 is 41.8 Å². The summed E-state index contributed by atoms with van der Waals surface area (Å²) < 4.78 is 61.4. The highest BCUT2D eigenvalue weighted by Crippen LogP contribution is 2.46. The molecule has 0 bridgehead atoms. The molecule has 7 rings (SSSR count). The minimum Gasteiger partial charge on any atom is -0.480 e. The topological polar surface area (TPSA) is 131 Å². The number of aliphatic carboxylic acids is 1. The van der Waals surface area contributed by atoms with Crippen molar-refractivity contribution in [1.29, 1.82) is 0 Å². The lowest BCUT2D eigenvalue weighted by molar-refractivity contribution is -0.138. The largest absolute Gasteiger partial charge is 0.480 e. The van der Waals surface area contributed by atoms with E-state index >= 15 is 4.39 Å². The van der Waals surface area contributed by atoms with Crippen molar-refractivity contribution in [2.24, 2.45) is 0 Å². The standard InChI is InChI=1S/C28H23ClF3N5O6/c29-13-7-17(28(32)5-6-36-14(9-28)12-41-27(36)40)25(33-10-13)42-15-8-18(26(38)39)37(11-15)24-21-20(34-23(35-24)22(30)31)16-3-1-2-4-19(16)43-21/h1-4,7,10,14-15,18,22H,5-6,8-9,11-12H2,(H,38,39)/t14-,15+,18+,28-/m1/s1. The monoisotopic (exact) mass is 617 g/mol. The number of ether oxygens (including phenoxy) is 2. The van der Waals surface area contributed by atoms with Crippen LogP contribution in [0.5, 0.6) is 5.88 Å². The molecule has 3 aliphatic rings. The third-order valence-electron chi connectivity index (χ3n) is 8.20. The van der Waals surface area contributed by atoms with E-state index in [1.807, 2.05) is 0 Å². The number of hydrogen-bond donors (Lipinski definition) is 1. The normalized spacial score (nSPS) is 25.5. The smallest absolute Gasteiger partial charge is 0.410 e. The summed E-state index contributed by atoms with van der Waals surface area (Å²) in [5.74, 6) is -2.20. The number of carbonyl (C=O) groups excluding carboxylic acids is 1. The second kappa shape index (κ2) is 10.1. The fraction of sp³-hybridized carbons (Fsp3) is 0.393. The summed E-state index contributed by atoms with van der Waals surface area (Å²) in [6, 6.07) is 6.43. The van der Waals surface area contributed by atoms with Crippen LogP contribution in [0.1, 0.15) is 37.1 Å². The molecule has 3 aromatic heterocycles. The fourth-order valence-corrected chi connectivity index (χ4v) is 6.34. The Hall–Kier alpha value is -4.33. The van der Waals surface area contributed by atoms with E-state index in [4.69, 9.17) is 25.5 Å². The van der Waals surface area contributed by atoms with Gasteiger partial charge in [0.2, 0.25) is 5.88 Å². The van der Waals surface area contributed by atoms with Gasteiger partial charge in [-0.3, -0.25) is 0 Å². The number of carbonyl (C=O) groups is 2. The first kappa shape index (κ1) is 27.5. The predicted octanol–water partition coefficient (Wildman–Crippen LogP) is 5.25. The number of carboxylic acids is 1. The number of benzene rings is 1. The first-order valence-corrected chi connectivity index (χ1v) is 13.9. The predicted molar refractivity (Wildman–Crippen MR) is 145 cm³/mol. The van der Waals surface area contributed by atoms with Crippen LogP contribution in [-0.4, -0.2) is 74.9 Å². The van der Waals surface area contributed by atoms with E-state index in [2.05, 4.69) is 15.0 Å². The average molecular weight is 618 g/mol. The maximum absolute atomic E-state index is 16.5. The Morgan fingerprint density at radius 3 is 2.84 bits per heavy atom. The zero-order valence-corrected chi connectivity index (χ0v) is 23.0. The van der Waals surface area contributed by atoms with Gasteiger partial charge < -0.3 is 28.8 Å². The van der Waals surface area contributed by atoms with Crippen molar-refractivity contribution in [3.05, 3.63) is 52.9 Å². The molecule has 15 heteroatoms. The van der Waals surface area contributed by atoms with Crippen molar-refractivity contribution >= 4 is 51.6 Å². The number of anilines is 1. The highest BCUT2D eigenvalue weighted by molar-refractivity contribution is 6.30. The number of hydrogen-bond acceptors (Lipinski definition) is 9. The second-order valence-electron chi connectivity index (χ2n) is 10.8. The molecule has 6 heterocycles. The first-order valence-electron chi connectivity index (χ1n) is 13.5. The molecule has 1 amide bonds. The van der Waals surface area contributed by atoms with Gasteiger partial charge >= 0.3 is 12.1 Å². The van der Waals surface area contributed by atoms with Gasteiger partial charge in [0.15, 0.2) is 17.2 Å². The molecule has 224 valence electrons. The third-order valence-corrected chi connectivity index (χ3v) is 8.40. The molecule has 3 fully saturated rings. The molecular weight excluding hydrogens is 595 g/mol. The molecule has 0 saturated carbocycles. The number of halogens is 4. The SMILES string of the molecule is O=C(O)[C@@H]1C[C@H](Oc2ncc(Cl)cc2[C@@]2(F)CCN3C(=O)OC[C@H]3C2)CN1c1nc(C(F)F)nc2c1oc1ccccc12. The Balaban J connectivity index is 1.23. The van der Waals surface area contributed by atoms with Gasteiger partial charge in [-0.25, -0.2) is 37.7 Å². The highest BCUT2D eigenvalue weighted by Gasteiger charge is 2.49. The van der Waals surface area contributed by atoms with Gasteiger partial charge in [-0.15, -0.1) is 0 Å². The molecule has 0 radical (unpaired) electrons. The van der Waals surface area contributed by atoms with Gasteiger partial charge in [0.25, 0.3) is 6.43 Å². The zero-order valence-electron chi connectivity index (χ0n) is 22.3. The van der Waals surface area contributed by atoms with Gasteiger partial charge in [-0.1, -0.05) is 23.7 Å². The first-order chi connectivity index (χ1) is 20.6. The number of rotatable bonds is 6. The van der Waals surface area contributed by atoms with Crippen LogP contribution in [-0.2, 0) is 15.2 Å². The van der Waals surface area contributed by atoms with Crippen LogP contribution in [0.15, 0.2) is 40.9 Å². The molecule has 11 nitrogen and oxygen atoms in total. The van der Waals surface area contributed by atoms with Crippen molar-refractivity contribution in [1.82, 2.24) is 19.9 Å². The maximum atomic E-state index is 16.5. The quantitative estimate of drug-likeness (QED) is 0.306. The van der Waals surface area contributed by atoms with Crippen molar-refractivity contribution in [3.8, 4) is 5.88 Å². The average Bonchev–Trinajstić information content (AvgIpc) is 3.68. The van der Waals surface area contributed by atoms with Crippen LogP contribution in [0.2, 0.25) is 5.02 Å². The summed E-state index contributed by atoms with van der Waals surface area (Å²) in [5, 5.41) is 10.8. The summed E-state index contributed by atoms with van der Waals surface area (Å²) in [4.78, 5) is 39.4. The number of amides is 1. The summed E-state index contributed by atoms with van der Waals surface area (Å²) >= 11 is 6.20. The van der Waals surface area contributed by atoms with Crippen LogP contribution in [0, 0.1) is 0 Å². The van der Waals surface area contributed by atoms with Crippen molar-refractivity contribution in [2.45, 2.75) is 49.5 Å². The fourth-order valence-electron chi connectivity index (χ4n) is 6.19. The van der Waals surface area contributed by atoms with E-state index in [1.165, 1.54) is 22.1 Å². The summed E-state index contributed by atoms with van der Waals surface area (Å²) in [6.45, 7) is 0.0743. The Bertz CT molecular complexity index is 1770. The molecule has 1 N–H and O–H groups in total. The van der Waals surface area contributed by atoms with Crippen LogP contribution in [0.3, 0.4) is 0 Å². The number of alkyl halides is 3.